The molecule has 2 aliphatic rings. The minimum atomic E-state index is -1.56. The number of aliphatic hydroxyl groups is 1. The maximum absolute atomic E-state index is 14.3. The Morgan fingerprint density at radius 1 is 1.06 bits per heavy atom. The summed E-state index contributed by atoms with van der Waals surface area (Å²) in [5, 5.41) is 30.6. The van der Waals surface area contributed by atoms with Gasteiger partial charge in [-0.3, -0.25) is 14.9 Å². The van der Waals surface area contributed by atoms with Crippen molar-refractivity contribution in [2.45, 2.75) is 44.8 Å². The van der Waals surface area contributed by atoms with Gasteiger partial charge >= 0.3 is 0 Å². The highest BCUT2D eigenvalue weighted by atomic mass is 16.6. The van der Waals surface area contributed by atoms with E-state index >= 15 is 0 Å². The number of carbonyl (C=O) groups excluding carboxylic acids is 1. The van der Waals surface area contributed by atoms with Crippen molar-refractivity contribution in [3.63, 3.8) is 0 Å². The van der Waals surface area contributed by atoms with Crippen molar-refractivity contribution in [3.8, 4) is 0 Å². The second-order valence-electron chi connectivity index (χ2n) is 9.72. The van der Waals surface area contributed by atoms with Crippen LogP contribution in [-0.2, 0) is 4.79 Å². The number of aryl methyl sites for hydroxylation is 1. The molecule has 180 valence electrons. The lowest BCUT2D eigenvalue weighted by molar-refractivity contribution is -0.539. The Balaban J connectivity index is 1.74. The smallest absolute Gasteiger partial charge is 0.262 e. The molecule has 35 heavy (non-hydrogen) atoms. The van der Waals surface area contributed by atoms with Crippen molar-refractivity contribution >= 4 is 17.3 Å². The summed E-state index contributed by atoms with van der Waals surface area (Å²) in [7, 11) is 0. The number of hydrogen-bond donors (Lipinski definition) is 1. The molecule has 5 rings (SSSR count). The van der Waals surface area contributed by atoms with Gasteiger partial charge in [0.25, 0.3) is 5.91 Å². The Bertz CT molecular complexity index is 1270. The van der Waals surface area contributed by atoms with Crippen molar-refractivity contribution in [1.82, 2.24) is 0 Å². The molecule has 7 heteroatoms. The Kier molecular flexibility index (Phi) is 5.60. The molecule has 0 bridgehead atoms. The number of anilines is 1. The van der Waals surface area contributed by atoms with E-state index in [4.69, 9.17) is 0 Å². The summed E-state index contributed by atoms with van der Waals surface area (Å²) in [6.07, 6.45) is -1.17. The van der Waals surface area contributed by atoms with Gasteiger partial charge in [0.05, 0.1) is 23.4 Å². The molecule has 0 radical (unpaired) electrons. The van der Waals surface area contributed by atoms with Gasteiger partial charge in [0.2, 0.25) is 6.04 Å². The van der Waals surface area contributed by atoms with Gasteiger partial charge in [0, 0.05) is 10.8 Å². The third kappa shape index (κ3) is 3.33. The molecule has 1 fully saturated rings. The second-order valence-corrected chi connectivity index (χ2v) is 9.72. The van der Waals surface area contributed by atoms with E-state index < -0.39 is 41.2 Å². The molecule has 7 nitrogen and oxygen atoms in total. The lowest BCUT2D eigenvalue weighted by atomic mass is 9.51. The average molecular weight is 471 g/mol. The van der Waals surface area contributed by atoms with Gasteiger partial charge in [0.15, 0.2) is 0 Å². The molecule has 1 saturated carbocycles. The molecule has 1 heterocycles. The van der Waals surface area contributed by atoms with E-state index in [0.29, 0.717) is 17.0 Å². The number of amides is 1. The third-order valence-electron chi connectivity index (χ3n) is 7.88. The summed E-state index contributed by atoms with van der Waals surface area (Å²) in [5.41, 5.74) is 1.88. The summed E-state index contributed by atoms with van der Waals surface area (Å²) in [6, 6.07) is 22.7. The highest BCUT2D eigenvalue weighted by molar-refractivity contribution is 6.20. The first-order chi connectivity index (χ1) is 16.8. The maximum atomic E-state index is 14.3. The van der Waals surface area contributed by atoms with E-state index in [-0.39, 0.29) is 4.92 Å². The summed E-state index contributed by atoms with van der Waals surface area (Å²) in [6.45, 7) is 5.46. The molecule has 0 aromatic heterocycles. The van der Waals surface area contributed by atoms with Crippen LogP contribution in [0.15, 0.2) is 84.0 Å². The normalized spacial score (nSPS) is 30.5. The largest absolute Gasteiger partial charge is 0.391 e. The van der Waals surface area contributed by atoms with Gasteiger partial charge < -0.3 is 5.11 Å². The topological polar surface area (TPSA) is 96.0 Å². The van der Waals surface area contributed by atoms with Crippen LogP contribution in [0, 0.1) is 28.4 Å². The second kappa shape index (κ2) is 8.50. The van der Waals surface area contributed by atoms with Crippen LogP contribution in [0.5, 0.6) is 0 Å². The van der Waals surface area contributed by atoms with Crippen LogP contribution in [0.4, 0.5) is 5.69 Å². The first kappa shape index (κ1) is 23.1. The molecule has 0 saturated heterocycles. The number of aliphatic hydroxyl groups excluding tert-OH is 1. The first-order valence-electron chi connectivity index (χ1n) is 11.8. The van der Waals surface area contributed by atoms with E-state index in [9.17, 15) is 20.0 Å². The number of hydrazone groups is 1. The number of carbonyl (C=O) groups is 1. The molecular weight excluding hydrogens is 442 g/mol. The average Bonchev–Trinajstić information content (AvgIpc) is 3.46. The van der Waals surface area contributed by atoms with Crippen molar-refractivity contribution in [2.24, 2.45) is 16.4 Å². The summed E-state index contributed by atoms with van der Waals surface area (Å²) in [5.74, 6) is -2.46. The van der Waals surface area contributed by atoms with Gasteiger partial charge in [-0.05, 0) is 37.5 Å². The van der Waals surface area contributed by atoms with Crippen LogP contribution in [0.1, 0.15) is 42.4 Å². The molecule has 0 unspecified atom stereocenters. The van der Waals surface area contributed by atoms with E-state index in [1.54, 1.807) is 26.0 Å². The molecule has 1 aliphatic carbocycles. The third-order valence-corrected chi connectivity index (χ3v) is 7.88. The highest BCUT2D eigenvalue weighted by Crippen LogP contribution is 2.58. The molecule has 1 N–H and O–H groups in total. The van der Waals surface area contributed by atoms with E-state index in [1.165, 1.54) is 5.01 Å². The Labute approximate surface area is 204 Å². The van der Waals surface area contributed by atoms with Crippen molar-refractivity contribution < 1.29 is 14.8 Å². The highest BCUT2D eigenvalue weighted by Gasteiger charge is 2.69. The fourth-order valence-electron chi connectivity index (χ4n) is 6.24. The number of rotatable bonds is 4. The van der Waals surface area contributed by atoms with Gasteiger partial charge in [-0.2, -0.15) is 33.9 Å². The molecule has 1 spiro atoms. The van der Waals surface area contributed by atoms with Crippen molar-refractivity contribution in [2.75, 3.05) is 5.01 Å². The predicted molar refractivity (Wildman–Crippen MR) is 134 cm³/mol. The fraction of sp³-hybridized carbons (Fsp3) is 0.321. The van der Waals surface area contributed by atoms with E-state index in [0.717, 1.165) is 11.1 Å². The summed E-state index contributed by atoms with van der Waals surface area (Å²) < 4.78 is 0. The predicted octanol–water partition coefficient (Wildman–Crippen LogP) is 4.65. The molecule has 3 aromatic carbocycles. The SMILES string of the molecule is CC1=NN(c2ccc(C)cc2)C(=O)[C@@]12[C@H](c1ccccc1)[C@@H]([N+](=O)[O-])[C@H](c1cc[cH-]c1)[C@@H](C)[C@@H]2O. The Hall–Kier alpha value is -3.71. The zero-order valence-electron chi connectivity index (χ0n) is 19.9. The minimum Gasteiger partial charge on any atom is -0.391 e. The van der Waals surface area contributed by atoms with Crippen molar-refractivity contribution in [3.05, 3.63) is 106 Å². The quantitative estimate of drug-likeness (QED) is 0.341. The molecule has 6 atom stereocenters. The lowest BCUT2D eigenvalue weighted by Gasteiger charge is -2.52. The molecule has 1 amide bonds. The standard InChI is InChI=1S/C28H28N3O4/c1-17-13-15-22(16-14-17)30-27(33)28(19(3)29-30)24(21-11-5-4-6-12-21)25(31(34)35)23(18(2)26(28)32)20-9-7-8-10-20/h4-16,18,23-26,32H,1-3H3/q-1/t18-,23+,24-,25+,26+,28-/m1/s1. The van der Waals surface area contributed by atoms with Gasteiger partial charge in [-0.1, -0.05) is 55.0 Å². The number of hydrogen-bond acceptors (Lipinski definition) is 5. The van der Waals surface area contributed by atoms with Crippen LogP contribution >= 0.6 is 0 Å². The van der Waals surface area contributed by atoms with Crippen LogP contribution in [0.25, 0.3) is 0 Å². The summed E-state index contributed by atoms with van der Waals surface area (Å²) >= 11 is 0. The van der Waals surface area contributed by atoms with Crippen LogP contribution in [0.2, 0.25) is 0 Å². The monoisotopic (exact) mass is 470 g/mol. The number of nitro groups is 1. The van der Waals surface area contributed by atoms with Crippen molar-refractivity contribution in [1.29, 1.82) is 0 Å². The van der Waals surface area contributed by atoms with Crippen LogP contribution in [0.3, 0.4) is 0 Å². The summed E-state index contributed by atoms with van der Waals surface area (Å²) in [4.78, 5) is 26.8. The van der Waals surface area contributed by atoms with Gasteiger partial charge in [0.1, 0.15) is 5.41 Å². The maximum Gasteiger partial charge on any atom is 0.262 e. The van der Waals surface area contributed by atoms with Crippen LogP contribution < -0.4 is 5.01 Å². The minimum absolute atomic E-state index is 0.269. The zero-order valence-corrected chi connectivity index (χ0v) is 19.9. The van der Waals surface area contributed by atoms with Gasteiger partial charge in [-0.25, -0.2) is 6.07 Å². The Morgan fingerprint density at radius 2 is 1.74 bits per heavy atom. The number of benzene rings is 2. The first-order valence-corrected chi connectivity index (χ1v) is 11.8. The molecule has 3 aromatic rings. The molecular formula is C28H28N3O4-. The van der Waals surface area contributed by atoms with Crippen LogP contribution in [-0.4, -0.2) is 33.8 Å². The van der Waals surface area contributed by atoms with E-state index in [2.05, 4.69) is 5.10 Å². The lowest BCUT2D eigenvalue weighted by Crippen LogP contribution is -2.64. The fourth-order valence-corrected chi connectivity index (χ4v) is 6.24. The number of nitrogens with zero attached hydrogens (tertiary/aromatic N) is 3. The van der Waals surface area contributed by atoms with E-state index in [1.807, 2.05) is 73.7 Å². The van der Waals surface area contributed by atoms with Gasteiger partial charge in [-0.15, -0.1) is 0 Å². The Morgan fingerprint density at radius 3 is 2.34 bits per heavy atom. The molecule has 1 aliphatic heterocycles. The zero-order chi connectivity index (χ0) is 24.9.